The molecule has 0 aliphatic heterocycles. The average Bonchev–Trinajstić information content (AvgIpc) is 3.44. The first-order valence-electron chi connectivity index (χ1n) is 9.98. The van der Waals surface area contributed by atoms with E-state index < -0.39 is 10.0 Å². The van der Waals surface area contributed by atoms with E-state index >= 15 is 0 Å². The molecule has 3 rings (SSSR count). The summed E-state index contributed by atoms with van der Waals surface area (Å²) in [5.41, 5.74) is 3.00. The van der Waals surface area contributed by atoms with Gasteiger partial charge in [-0.3, -0.25) is 4.99 Å². The number of nitrogens with zero attached hydrogens (tertiary/aromatic N) is 2. The molecule has 0 bridgehead atoms. The molecule has 158 valence electrons. The third-order valence-corrected chi connectivity index (χ3v) is 6.39. The molecule has 1 saturated carbocycles. The molecule has 0 unspecified atom stereocenters. The largest absolute Gasteiger partial charge is 0.361 e. The van der Waals surface area contributed by atoms with Gasteiger partial charge < -0.3 is 15.2 Å². The van der Waals surface area contributed by atoms with Crippen molar-refractivity contribution in [3.63, 3.8) is 0 Å². The fourth-order valence-electron chi connectivity index (χ4n) is 2.99. The minimum absolute atomic E-state index is 0.0996. The Kier molecular flexibility index (Phi) is 6.92. The van der Waals surface area contributed by atoms with Crippen molar-refractivity contribution >= 4 is 16.0 Å². The number of aromatic nitrogens is 1. The predicted octanol–water partition coefficient (Wildman–Crippen LogP) is 2.11. The van der Waals surface area contributed by atoms with Crippen molar-refractivity contribution in [2.75, 3.05) is 7.05 Å². The third kappa shape index (κ3) is 5.57. The van der Waals surface area contributed by atoms with Crippen LogP contribution in [0.3, 0.4) is 0 Å². The second kappa shape index (κ2) is 9.41. The minimum Gasteiger partial charge on any atom is -0.361 e. The average molecular weight is 420 g/mol. The Hall–Kier alpha value is -2.39. The Morgan fingerprint density at radius 3 is 2.41 bits per heavy atom. The van der Waals surface area contributed by atoms with Gasteiger partial charge in [-0.05, 0) is 37.0 Å². The van der Waals surface area contributed by atoms with E-state index in [9.17, 15) is 8.42 Å². The van der Waals surface area contributed by atoms with E-state index in [4.69, 9.17) is 4.52 Å². The first-order chi connectivity index (χ1) is 14.0. The molecule has 0 atom stereocenters. The van der Waals surface area contributed by atoms with Gasteiger partial charge in [-0.1, -0.05) is 31.1 Å². The molecule has 0 saturated heterocycles. The highest BCUT2D eigenvalue weighted by molar-refractivity contribution is 7.89. The lowest BCUT2D eigenvalue weighted by Gasteiger charge is -2.13. The highest BCUT2D eigenvalue weighted by Crippen LogP contribution is 2.22. The highest BCUT2D eigenvalue weighted by Gasteiger charge is 2.27. The molecule has 1 aromatic heterocycles. The maximum absolute atomic E-state index is 12.2. The molecular formula is C20H29N5O3S. The van der Waals surface area contributed by atoms with Gasteiger partial charge in [0, 0.05) is 38.2 Å². The van der Waals surface area contributed by atoms with E-state index in [0.717, 1.165) is 48.3 Å². The highest BCUT2D eigenvalue weighted by atomic mass is 32.2. The molecule has 1 aliphatic rings. The SMILES string of the molecule is CCc1noc(CC)c1CNC(=NC)NCc1ccc(S(=O)(=O)NC2CC2)cc1. The summed E-state index contributed by atoms with van der Waals surface area (Å²) in [4.78, 5) is 4.54. The second-order valence-corrected chi connectivity index (χ2v) is 8.77. The number of aryl methyl sites for hydroxylation is 2. The van der Waals surface area contributed by atoms with E-state index in [1.54, 1.807) is 19.2 Å². The number of benzene rings is 1. The van der Waals surface area contributed by atoms with Gasteiger partial charge in [0.1, 0.15) is 5.76 Å². The van der Waals surface area contributed by atoms with Crippen LogP contribution in [0.15, 0.2) is 38.7 Å². The second-order valence-electron chi connectivity index (χ2n) is 7.06. The summed E-state index contributed by atoms with van der Waals surface area (Å²) < 4.78 is 32.6. The maximum Gasteiger partial charge on any atom is 0.240 e. The first kappa shape index (κ1) is 21.3. The molecule has 1 fully saturated rings. The van der Waals surface area contributed by atoms with Crippen molar-refractivity contribution in [1.29, 1.82) is 0 Å². The molecule has 29 heavy (non-hydrogen) atoms. The van der Waals surface area contributed by atoms with Gasteiger partial charge in [0.15, 0.2) is 5.96 Å². The van der Waals surface area contributed by atoms with Crippen LogP contribution in [-0.2, 0) is 36.0 Å². The van der Waals surface area contributed by atoms with Crippen molar-refractivity contribution in [2.24, 2.45) is 4.99 Å². The van der Waals surface area contributed by atoms with Crippen LogP contribution in [0.2, 0.25) is 0 Å². The van der Waals surface area contributed by atoms with Crippen molar-refractivity contribution in [2.45, 2.75) is 63.6 Å². The van der Waals surface area contributed by atoms with E-state index in [1.165, 1.54) is 0 Å². The summed E-state index contributed by atoms with van der Waals surface area (Å²) in [6, 6.07) is 6.99. The molecule has 3 N–H and O–H groups in total. The van der Waals surface area contributed by atoms with Crippen molar-refractivity contribution in [3.05, 3.63) is 46.8 Å². The number of guanidine groups is 1. The van der Waals surface area contributed by atoms with Crippen LogP contribution >= 0.6 is 0 Å². The molecule has 0 amide bonds. The van der Waals surface area contributed by atoms with Crippen LogP contribution in [0.4, 0.5) is 0 Å². The van der Waals surface area contributed by atoms with Crippen molar-refractivity contribution in [1.82, 2.24) is 20.5 Å². The number of hydrogen-bond acceptors (Lipinski definition) is 5. The Bertz CT molecular complexity index is 925. The number of aliphatic imine (C=N–C) groups is 1. The van der Waals surface area contributed by atoms with Crippen LogP contribution in [0, 0.1) is 0 Å². The summed E-state index contributed by atoms with van der Waals surface area (Å²) in [7, 11) is -1.71. The zero-order valence-corrected chi connectivity index (χ0v) is 18.0. The lowest BCUT2D eigenvalue weighted by Crippen LogP contribution is -2.36. The van der Waals surface area contributed by atoms with Gasteiger partial charge >= 0.3 is 0 Å². The fourth-order valence-corrected chi connectivity index (χ4v) is 4.30. The van der Waals surface area contributed by atoms with Crippen LogP contribution in [0.25, 0.3) is 0 Å². The zero-order valence-electron chi connectivity index (χ0n) is 17.2. The summed E-state index contributed by atoms with van der Waals surface area (Å²) >= 11 is 0. The van der Waals surface area contributed by atoms with Crippen LogP contribution in [-0.4, -0.2) is 32.6 Å². The minimum atomic E-state index is -3.42. The van der Waals surface area contributed by atoms with E-state index in [0.29, 0.717) is 23.9 Å². The Labute approximate surface area is 172 Å². The van der Waals surface area contributed by atoms with Gasteiger partial charge in [0.05, 0.1) is 10.6 Å². The summed E-state index contributed by atoms with van der Waals surface area (Å²) in [6.07, 6.45) is 3.45. The predicted molar refractivity (Wildman–Crippen MR) is 112 cm³/mol. The van der Waals surface area contributed by atoms with Gasteiger partial charge in [0.2, 0.25) is 10.0 Å². The van der Waals surface area contributed by atoms with Crippen LogP contribution in [0.5, 0.6) is 0 Å². The number of rotatable bonds is 9. The van der Waals surface area contributed by atoms with E-state index in [2.05, 4.69) is 32.4 Å². The van der Waals surface area contributed by atoms with Gasteiger partial charge in [-0.2, -0.15) is 0 Å². The number of sulfonamides is 1. The third-order valence-electron chi connectivity index (χ3n) is 4.86. The molecule has 2 aromatic rings. The lowest BCUT2D eigenvalue weighted by molar-refractivity contribution is 0.380. The lowest BCUT2D eigenvalue weighted by atomic mass is 10.1. The normalized spacial score (nSPS) is 14.8. The fraction of sp³-hybridized carbons (Fsp3) is 0.500. The summed E-state index contributed by atoms with van der Waals surface area (Å²) in [5.74, 6) is 1.55. The van der Waals surface area contributed by atoms with Gasteiger partial charge in [-0.15, -0.1) is 0 Å². The number of hydrogen-bond donors (Lipinski definition) is 3. The van der Waals surface area contributed by atoms with Gasteiger partial charge in [0.25, 0.3) is 0 Å². The van der Waals surface area contributed by atoms with Crippen LogP contribution in [0.1, 0.15) is 49.3 Å². The molecule has 8 nitrogen and oxygen atoms in total. The smallest absolute Gasteiger partial charge is 0.240 e. The summed E-state index contributed by atoms with van der Waals surface area (Å²) in [6.45, 7) is 5.21. The maximum atomic E-state index is 12.2. The molecule has 9 heteroatoms. The quantitative estimate of drug-likeness (QED) is 0.424. The Morgan fingerprint density at radius 2 is 1.83 bits per heavy atom. The first-order valence-corrected chi connectivity index (χ1v) is 11.5. The van der Waals surface area contributed by atoms with Crippen LogP contribution < -0.4 is 15.4 Å². The Morgan fingerprint density at radius 1 is 1.14 bits per heavy atom. The molecule has 0 spiro atoms. The standard InChI is InChI=1S/C20H29N5O3S/c1-4-18-17(19(5-2)28-24-18)13-23-20(21-3)22-12-14-6-10-16(11-7-14)29(26,27)25-15-8-9-15/h6-7,10-11,15,25H,4-5,8-9,12-13H2,1-3H3,(H2,21,22,23). The summed E-state index contributed by atoms with van der Waals surface area (Å²) in [5, 5.41) is 10.7. The van der Waals surface area contributed by atoms with Gasteiger partial charge in [-0.25, -0.2) is 13.1 Å². The molecule has 1 aromatic carbocycles. The Balaban J connectivity index is 1.55. The molecule has 0 radical (unpaired) electrons. The monoisotopic (exact) mass is 419 g/mol. The molecular weight excluding hydrogens is 390 g/mol. The topological polar surface area (TPSA) is 109 Å². The number of nitrogens with one attached hydrogen (secondary N) is 3. The van der Waals surface area contributed by atoms with E-state index in [-0.39, 0.29) is 6.04 Å². The van der Waals surface area contributed by atoms with E-state index in [1.807, 2.05) is 19.1 Å². The zero-order chi connectivity index (χ0) is 20.9. The van der Waals surface area contributed by atoms with Crippen molar-refractivity contribution < 1.29 is 12.9 Å². The van der Waals surface area contributed by atoms with Crippen molar-refractivity contribution in [3.8, 4) is 0 Å². The molecule has 1 aliphatic carbocycles. The molecule has 1 heterocycles.